The zero-order valence-electron chi connectivity index (χ0n) is 18.8. The molecule has 7 nitrogen and oxygen atoms in total. The minimum Gasteiger partial charge on any atom is -0.352 e. The van der Waals surface area contributed by atoms with Crippen molar-refractivity contribution in [1.29, 1.82) is 0 Å². The number of benzene rings is 2. The highest BCUT2D eigenvalue weighted by Gasteiger charge is 2.15. The van der Waals surface area contributed by atoms with Gasteiger partial charge in [-0.1, -0.05) is 54.6 Å². The summed E-state index contributed by atoms with van der Waals surface area (Å²) in [6.07, 6.45) is 1.74. The third-order valence-corrected chi connectivity index (χ3v) is 5.40. The summed E-state index contributed by atoms with van der Waals surface area (Å²) in [5.74, 6) is 0.148. The number of aromatic nitrogens is 3. The zero-order chi connectivity index (χ0) is 23.4. The summed E-state index contributed by atoms with van der Waals surface area (Å²) in [7, 11) is 1.87. The molecule has 0 fully saturated rings. The lowest BCUT2D eigenvalue weighted by molar-refractivity contribution is -0.119. The van der Waals surface area contributed by atoms with E-state index in [0.29, 0.717) is 23.8 Å². The number of hydrogen-bond donors (Lipinski definition) is 2. The number of amides is 2. The van der Waals surface area contributed by atoms with E-state index in [1.54, 1.807) is 12.3 Å². The van der Waals surface area contributed by atoms with Gasteiger partial charge in [-0.25, -0.2) is 4.98 Å². The van der Waals surface area contributed by atoms with Crippen molar-refractivity contribution in [2.24, 2.45) is 7.05 Å². The van der Waals surface area contributed by atoms with Crippen molar-refractivity contribution < 1.29 is 9.59 Å². The maximum atomic E-state index is 12.9. The fourth-order valence-corrected chi connectivity index (χ4v) is 3.55. The third kappa shape index (κ3) is 4.98. The van der Waals surface area contributed by atoms with Crippen LogP contribution in [0, 0.1) is 6.92 Å². The minimum absolute atomic E-state index is 0.0629. The molecule has 2 amide bonds. The Morgan fingerprint density at radius 1 is 0.939 bits per heavy atom. The summed E-state index contributed by atoms with van der Waals surface area (Å²) in [4.78, 5) is 33.0. The zero-order valence-corrected chi connectivity index (χ0v) is 18.8. The number of carbonyl (C=O) groups excluding carboxylic acids is 2. The molecule has 0 saturated heterocycles. The maximum Gasteiger partial charge on any atom is 0.259 e. The summed E-state index contributed by atoms with van der Waals surface area (Å²) in [5.41, 5.74) is 5.78. The lowest BCUT2D eigenvalue weighted by atomic mass is 10.1. The van der Waals surface area contributed by atoms with Crippen LogP contribution >= 0.6 is 0 Å². The van der Waals surface area contributed by atoms with Crippen LogP contribution in [0.1, 0.15) is 28.5 Å². The first-order chi connectivity index (χ1) is 15.9. The summed E-state index contributed by atoms with van der Waals surface area (Å²) in [5, 5.41) is 5.66. The summed E-state index contributed by atoms with van der Waals surface area (Å²) in [6, 6.07) is 21.3. The van der Waals surface area contributed by atoms with Gasteiger partial charge in [-0.2, -0.15) is 0 Å². The first kappa shape index (κ1) is 22.0. The number of carbonyl (C=O) groups is 2. The summed E-state index contributed by atoms with van der Waals surface area (Å²) >= 11 is 0. The quantitative estimate of drug-likeness (QED) is 0.468. The van der Waals surface area contributed by atoms with Gasteiger partial charge in [-0.3, -0.25) is 19.9 Å². The number of rotatable bonds is 6. The second-order valence-electron chi connectivity index (χ2n) is 7.78. The van der Waals surface area contributed by atoms with Gasteiger partial charge < -0.3 is 9.88 Å². The molecular weight excluding hydrogens is 414 g/mol. The Morgan fingerprint density at radius 3 is 2.33 bits per heavy atom. The number of nitrogens with zero attached hydrogens (tertiary/aromatic N) is 3. The Balaban J connectivity index is 1.49. The number of hydrogen-bond acceptors (Lipinski definition) is 4. The van der Waals surface area contributed by atoms with Crippen LogP contribution in [0.4, 0.5) is 5.95 Å². The molecule has 2 heterocycles. The van der Waals surface area contributed by atoms with Crippen LogP contribution in [0.3, 0.4) is 0 Å². The fraction of sp³-hybridized carbons (Fsp3) is 0.154. The average Bonchev–Trinajstić information content (AvgIpc) is 3.18. The van der Waals surface area contributed by atoms with Crippen molar-refractivity contribution >= 4 is 17.8 Å². The minimum atomic E-state index is -0.259. The van der Waals surface area contributed by atoms with E-state index in [-0.39, 0.29) is 11.8 Å². The van der Waals surface area contributed by atoms with Crippen LogP contribution < -0.4 is 10.6 Å². The molecule has 7 heteroatoms. The smallest absolute Gasteiger partial charge is 0.259 e. The van der Waals surface area contributed by atoms with Crippen molar-refractivity contribution in [2.45, 2.75) is 20.4 Å². The van der Waals surface area contributed by atoms with E-state index >= 15 is 0 Å². The Labute approximate surface area is 192 Å². The fourth-order valence-electron chi connectivity index (χ4n) is 3.55. The molecule has 0 aliphatic carbocycles. The van der Waals surface area contributed by atoms with E-state index in [2.05, 4.69) is 20.6 Å². The van der Waals surface area contributed by atoms with Crippen LogP contribution in [0.5, 0.6) is 0 Å². The molecule has 0 spiro atoms. The lowest BCUT2D eigenvalue weighted by Gasteiger charge is -2.10. The Kier molecular flexibility index (Phi) is 6.31. The maximum absolute atomic E-state index is 12.9. The van der Waals surface area contributed by atoms with Crippen molar-refractivity contribution in [3.63, 3.8) is 0 Å². The van der Waals surface area contributed by atoms with Crippen molar-refractivity contribution in [1.82, 2.24) is 19.9 Å². The second kappa shape index (κ2) is 9.48. The van der Waals surface area contributed by atoms with Gasteiger partial charge in [-0.15, -0.1) is 0 Å². The van der Waals surface area contributed by atoms with Gasteiger partial charge in [-0.05, 0) is 30.2 Å². The Bertz CT molecular complexity index is 1290. The predicted octanol–water partition coefficient (Wildman–Crippen LogP) is 4.35. The lowest BCUT2D eigenvalue weighted by Crippen LogP contribution is -2.18. The molecule has 0 radical (unpaired) electrons. The van der Waals surface area contributed by atoms with Crippen molar-refractivity contribution in [3.05, 3.63) is 89.7 Å². The van der Waals surface area contributed by atoms with E-state index in [9.17, 15) is 9.59 Å². The highest BCUT2D eigenvalue weighted by Crippen LogP contribution is 2.23. The molecule has 4 rings (SSSR count). The highest BCUT2D eigenvalue weighted by atomic mass is 16.2. The molecule has 0 saturated carbocycles. The normalized spacial score (nSPS) is 10.6. The molecule has 0 atom stereocenters. The first-order valence-electron chi connectivity index (χ1n) is 10.6. The van der Waals surface area contributed by atoms with Crippen LogP contribution in [0.15, 0.2) is 72.9 Å². The number of nitrogens with one attached hydrogen (secondary N) is 2. The summed E-state index contributed by atoms with van der Waals surface area (Å²) in [6.45, 7) is 3.80. The van der Waals surface area contributed by atoms with Gasteiger partial charge in [0.15, 0.2) is 0 Å². The van der Waals surface area contributed by atoms with Crippen LogP contribution in [0.2, 0.25) is 0 Å². The monoisotopic (exact) mass is 439 g/mol. The summed E-state index contributed by atoms with van der Waals surface area (Å²) < 4.78 is 1.85. The standard InChI is InChI=1S/C26H25N5O2/c1-17-22(13-14-23(29-17)20-11-9-19(10-12-20)15-27-18(2)32)25(33)30-26-28-16-24(31(26)3)21-7-5-4-6-8-21/h4-14,16H,15H2,1-3H3,(H,27,32)(H,28,30,33). The van der Waals surface area contributed by atoms with Crippen LogP contribution in [-0.4, -0.2) is 26.3 Å². The second-order valence-corrected chi connectivity index (χ2v) is 7.78. The van der Waals surface area contributed by atoms with Gasteiger partial charge in [0.2, 0.25) is 11.9 Å². The van der Waals surface area contributed by atoms with Crippen LogP contribution in [0.25, 0.3) is 22.5 Å². The molecule has 0 bridgehead atoms. The molecule has 2 aromatic heterocycles. The SMILES string of the molecule is CC(=O)NCc1ccc(-c2ccc(C(=O)Nc3ncc(-c4ccccc4)n3C)c(C)n2)cc1. The number of aryl methyl sites for hydroxylation is 1. The van der Waals surface area contributed by atoms with E-state index in [4.69, 9.17) is 0 Å². The Hall–Kier alpha value is -4.26. The molecule has 0 aliphatic heterocycles. The van der Waals surface area contributed by atoms with Crippen molar-refractivity contribution in [2.75, 3.05) is 5.32 Å². The molecule has 2 aromatic carbocycles. The van der Waals surface area contributed by atoms with E-state index < -0.39 is 0 Å². The topological polar surface area (TPSA) is 88.9 Å². The largest absolute Gasteiger partial charge is 0.352 e. The molecule has 33 heavy (non-hydrogen) atoms. The van der Waals surface area contributed by atoms with Gasteiger partial charge in [0, 0.05) is 26.1 Å². The first-order valence-corrected chi connectivity index (χ1v) is 10.6. The number of imidazole rings is 1. The van der Waals surface area contributed by atoms with E-state index in [0.717, 1.165) is 28.1 Å². The van der Waals surface area contributed by atoms with Gasteiger partial charge in [0.05, 0.1) is 28.8 Å². The predicted molar refractivity (Wildman–Crippen MR) is 129 cm³/mol. The number of pyridine rings is 1. The van der Waals surface area contributed by atoms with Gasteiger partial charge in [0.25, 0.3) is 5.91 Å². The van der Waals surface area contributed by atoms with Crippen molar-refractivity contribution in [3.8, 4) is 22.5 Å². The molecule has 0 unspecified atom stereocenters. The van der Waals surface area contributed by atoms with E-state index in [1.807, 2.05) is 79.2 Å². The molecule has 166 valence electrons. The highest BCUT2D eigenvalue weighted by molar-refractivity contribution is 6.04. The molecule has 2 N–H and O–H groups in total. The number of anilines is 1. The molecule has 4 aromatic rings. The average molecular weight is 440 g/mol. The van der Waals surface area contributed by atoms with Gasteiger partial charge in [0.1, 0.15) is 0 Å². The Morgan fingerprint density at radius 2 is 1.67 bits per heavy atom. The molecular formula is C26H25N5O2. The van der Waals surface area contributed by atoms with E-state index in [1.165, 1.54) is 6.92 Å². The van der Waals surface area contributed by atoms with Crippen LogP contribution in [-0.2, 0) is 18.4 Å². The third-order valence-electron chi connectivity index (χ3n) is 5.40. The molecule has 0 aliphatic rings. The van der Waals surface area contributed by atoms with Gasteiger partial charge >= 0.3 is 0 Å².